The number of carbonyl (C=O) groups is 4. The molecule has 5 aliphatic rings. The summed E-state index contributed by atoms with van der Waals surface area (Å²) in [6, 6.07) is 11.9. The van der Waals surface area contributed by atoms with Crippen molar-refractivity contribution < 1.29 is 33.1 Å². The SMILES string of the molecule is C[C@@H]1[C@@H]([Si](C)(C)F)[C@H](CC(=O)N2CCC[C@H]2CO)O[C@@]12C(=O)N(Cc1cccc(NC(=O)[C@H]3CCCN3)c1)c1ccc(NC(=O)[C@H]3CCCN3)cc12. The highest BCUT2D eigenvalue weighted by Crippen LogP contribution is 2.60. The summed E-state index contributed by atoms with van der Waals surface area (Å²) in [6.45, 7) is 7.16. The van der Waals surface area contributed by atoms with Crippen LogP contribution in [0.3, 0.4) is 0 Å². The number of carbonyl (C=O) groups excluding carboxylic acids is 4. The Labute approximate surface area is 305 Å². The number of fused-ring (bicyclic) bond motifs is 2. The van der Waals surface area contributed by atoms with E-state index in [0.717, 1.165) is 50.8 Å². The molecule has 4 saturated heterocycles. The highest BCUT2D eigenvalue weighted by molar-refractivity contribution is 6.72. The van der Waals surface area contributed by atoms with Crippen molar-refractivity contribution in [2.45, 2.75) is 107 Å². The summed E-state index contributed by atoms with van der Waals surface area (Å²) in [4.78, 5) is 58.1. The summed E-state index contributed by atoms with van der Waals surface area (Å²) in [5.74, 6) is -1.47. The lowest BCUT2D eigenvalue weighted by atomic mass is 9.82. The molecule has 14 heteroatoms. The normalized spacial score (nSPS) is 30.0. The number of hydrogen-bond donors (Lipinski definition) is 5. The fourth-order valence-corrected chi connectivity index (χ4v) is 11.8. The molecule has 5 aliphatic heterocycles. The fourth-order valence-electron chi connectivity index (χ4n) is 9.33. The van der Waals surface area contributed by atoms with E-state index in [1.807, 2.05) is 31.2 Å². The van der Waals surface area contributed by atoms with Gasteiger partial charge in [-0.2, -0.15) is 0 Å². The quantitative estimate of drug-likeness (QED) is 0.183. The molecule has 12 nitrogen and oxygen atoms in total. The van der Waals surface area contributed by atoms with E-state index in [0.29, 0.717) is 35.6 Å². The van der Waals surface area contributed by atoms with Crippen LogP contribution in [0.4, 0.5) is 21.2 Å². The Hall–Kier alpha value is -3.69. The predicted octanol–water partition coefficient (Wildman–Crippen LogP) is 3.76. The van der Waals surface area contributed by atoms with Gasteiger partial charge in [0.15, 0.2) is 5.60 Å². The molecule has 4 amide bonds. The first-order valence-corrected chi connectivity index (χ1v) is 21.8. The second-order valence-corrected chi connectivity index (χ2v) is 19.4. The molecule has 7 rings (SSSR count). The van der Waals surface area contributed by atoms with Crippen LogP contribution in [-0.2, 0) is 36.1 Å². The molecule has 7 atom stereocenters. The highest BCUT2D eigenvalue weighted by Gasteiger charge is 2.67. The minimum absolute atomic E-state index is 0.0996. The predicted molar refractivity (Wildman–Crippen MR) is 198 cm³/mol. The minimum Gasteiger partial charge on any atom is -0.394 e. The van der Waals surface area contributed by atoms with E-state index >= 15 is 8.90 Å². The fraction of sp³-hybridized carbons (Fsp3) is 0.579. The molecule has 0 aliphatic carbocycles. The monoisotopic (exact) mass is 734 g/mol. The summed E-state index contributed by atoms with van der Waals surface area (Å²) in [7, 11) is -3.55. The van der Waals surface area contributed by atoms with Crippen molar-refractivity contribution in [2.24, 2.45) is 5.92 Å². The third-order valence-electron chi connectivity index (χ3n) is 11.8. The van der Waals surface area contributed by atoms with Crippen LogP contribution in [0.5, 0.6) is 0 Å². The van der Waals surface area contributed by atoms with Crippen molar-refractivity contribution in [1.29, 1.82) is 0 Å². The molecule has 280 valence electrons. The van der Waals surface area contributed by atoms with Gasteiger partial charge in [-0.05, 0) is 101 Å². The van der Waals surface area contributed by atoms with Gasteiger partial charge in [0, 0.05) is 34.9 Å². The van der Waals surface area contributed by atoms with Crippen molar-refractivity contribution in [3.63, 3.8) is 0 Å². The van der Waals surface area contributed by atoms with Gasteiger partial charge < -0.3 is 45.0 Å². The molecule has 5 heterocycles. The summed E-state index contributed by atoms with van der Waals surface area (Å²) in [5.41, 5.74) is 0.726. The van der Waals surface area contributed by atoms with E-state index < -0.39 is 31.6 Å². The van der Waals surface area contributed by atoms with Gasteiger partial charge in [0.1, 0.15) is 0 Å². The van der Waals surface area contributed by atoms with Crippen LogP contribution in [0.25, 0.3) is 0 Å². The molecular weight excluding hydrogens is 684 g/mol. The zero-order valence-electron chi connectivity index (χ0n) is 30.3. The van der Waals surface area contributed by atoms with Crippen molar-refractivity contribution in [1.82, 2.24) is 15.5 Å². The van der Waals surface area contributed by atoms with Gasteiger partial charge in [0.25, 0.3) is 5.91 Å². The molecule has 0 unspecified atom stereocenters. The zero-order valence-corrected chi connectivity index (χ0v) is 31.3. The molecule has 0 radical (unpaired) electrons. The number of nitrogens with zero attached hydrogens (tertiary/aromatic N) is 2. The molecule has 4 fully saturated rings. The van der Waals surface area contributed by atoms with E-state index in [1.54, 1.807) is 41.1 Å². The van der Waals surface area contributed by atoms with Gasteiger partial charge in [-0.1, -0.05) is 19.1 Å². The number of anilines is 3. The van der Waals surface area contributed by atoms with Gasteiger partial charge in [-0.3, -0.25) is 19.2 Å². The van der Waals surface area contributed by atoms with Gasteiger partial charge in [0.2, 0.25) is 26.1 Å². The van der Waals surface area contributed by atoms with Gasteiger partial charge in [-0.15, -0.1) is 0 Å². The second-order valence-electron chi connectivity index (χ2n) is 15.6. The van der Waals surface area contributed by atoms with Crippen molar-refractivity contribution in [3.05, 3.63) is 53.6 Å². The third kappa shape index (κ3) is 6.79. The Morgan fingerprint density at radius 3 is 2.27 bits per heavy atom. The first kappa shape index (κ1) is 36.7. The molecule has 5 N–H and O–H groups in total. The summed E-state index contributed by atoms with van der Waals surface area (Å²) >= 11 is 0. The maximum atomic E-state index is 16.5. The summed E-state index contributed by atoms with van der Waals surface area (Å²) in [5, 5.41) is 22.4. The van der Waals surface area contributed by atoms with Crippen molar-refractivity contribution in [3.8, 4) is 0 Å². The maximum absolute atomic E-state index is 16.5. The number of likely N-dealkylation sites (tertiary alicyclic amines) is 1. The Morgan fingerprint density at radius 1 is 0.981 bits per heavy atom. The van der Waals surface area contributed by atoms with E-state index in [1.165, 1.54) is 0 Å². The first-order valence-electron chi connectivity index (χ1n) is 18.8. The molecule has 52 heavy (non-hydrogen) atoms. The molecule has 0 aromatic heterocycles. The zero-order chi connectivity index (χ0) is 36.8. The number of nitrogens with one attached hydrogen (secondary N) is 4. The lowest BCUT2D eigenvalue weighted by molar-refractivity contribution is -0.150. The smallest absolute Gasteiger partial charge is 0.264 e. The lowest BCUT2D eigenvalue weighted by Crippen LogP contribution is -2.45. The van der Waals surface area contributed by atoms with Crippen LogP contribution in [-0.4, -0.2) is 92.5 Å². The molecule has 2 aromatic rings. The number of halogens is 1. The molecule has 1 spiro atoms. The van der Waals surface area contributed by atoms with Crippen molar-refractivity contribution >= 4 is 49.1 Å². The number of rotatable bonds is 10. The van der Waals surface area contributed by atoms with Crippen LogP contribution >= 0.6 is 0 Å². The number of aliphatic hydroxyl groups excluding tert-OH is 1. The number of ether oxygens (including phenoxy) is 1. The Bertz CT molecular complexity index is 1710. The third-order valence-corrected chi connectivity index (χ3v) is 14.3. The van der Waals surface area contributed by atoms with E-state index in [9.17, 15) is 19.5 Å². The Morgan fingerprint density at radius 2 is 1.65 bits per heavy atom. The van der Waals surface area contributed by atoms with E-state index in [-0.39, 0.29) is 61.3 Å². The van der Waals surface area contributed by atoms with Crippen LogP contribution in [0, 0.1) is 5.92 Å². The van der Waals surface area contributed by atoms with Crippen LogP contribution in [0.15, 0.2) is 42.5 Å². The second kappa shape index (κ2) is 14.6. The van der Waals surface area contributed by atoms with Crippen LogP contribution in [0.1, 0.15) is 63.0 Å². The van der Waals surface area contributed by atoms with Crippen LogP contribution < -0.4 is 26.2 Å². The lowest BCUT2D eigenvalue weighted by Gasteiger charge is -2.31. The largest absolute Gasteiger partial charge is 0.394 e. The molecule has 0 bridgehead atoms. The number of amides is 4. The summed E-state index contributed by atoms with van der Waals surface area (Å²) in [6.07, 6.45) is 3.87. The van der Waals surface area contributed by atoms with Crippen LogP contribution in [0.2, 0.25) is 18.6 Å². The topological polar surface area (TPSA) is 152 Å². The van der Waals surface area contributed by atoms with Gasteiger partial charge >= 0.3 is 0 Å². The van der Waals surface area contributed by atoms with E-state index in [4.69, 9.17) is 4.74 Å². The average Bonchev–Trinajstić information content (AvgIpc) is 3.95. The first-order chi connectivity index (χ1) is 24.9. The Kier molecular flexibility index (Phi) is 10.3. The Balaban J connectivity index is 1.23. The maximum Gasteiger partial charge on any atom is 0.264 e. The highest BCUT2D eigenvalue weighted by atomic mass is 28.4. The van der Waals surface area contributed by atoms with E-state index in [2.05, 4.69) is 21.3 Å². The summed E-state index contributed by atoms with van der Waals surface area (Å²) < 4.78 is 23.4. The number of hydrogen-bond acceptors (Lipinski definition) is 8. The average molecular weight is 735 g/mol. The standard InChI is InChI=1S/C38H51FN6O6Si/c1-23-34(52(2,3)39)32(20-33(47)44-17-7-10-27(44)22-46)51-38(23)28-19-26(43-36(49)30-12-6-16-41-30)13-14-31(28)45(37(38)50)21-24-8-4-9-25(18-24)42-35(48)29-11-5-15-40-29/h4,8-9,13-14,18-19,23,27,29-30,32,34,40-41,46H,5-7,10-12,15-17,20-22H2,1-3H3,(H,42,48)(H,43,49)/t23-,27+,29-,30-,32+,34-,38+/m1/s1. The molecule has 2 aromatic carbocycles. The minimum atomic E-state index is -3.55. The molecular formula is C38H51FN6O6Si. The number of aliphatic hydroxyl groups is 1. The van der Waals surface area contributed by atoms with Gasteiger partial charge in [0.05, 0.1) is 49.5 Å². The number of benzene rings is 2. The van der Waals surface area contributed by atoms with Crippen molar-refractivity contribution in [2.75, 3.05) is 41.8 Å². The van der Waals surface area contributed by atoms with Gasteiger partial charge in [-0.25, -0.2) is 0 Å². The molecule has 0 saturated carbocycles.